The van der Waals surface area contributed by atoms with Gasteiger partial charge in [0.1, 0.15) is 23.2 Å². The molecular weight excluding hydrogens is 607 g/mol. The number of nitrogens with zero attached hydrogens (tertiary/aromatic N) is 3. The average molecular weight is 638 g/mol. The largest absolute Gasteiger partial charge is 0.507 e. The van der Waals surface area contributed by atoms with Gasteiger partial charge >= 0.3 is 0 Å². The number of amides is 1. The molecule has 5 aromatic rings. The molecule has 0 bridgehead atoms. The summed E-state index contributed by atoms with van der Waals surface area (Å²) >= 11 is 0. The SMILES string of the molecule is O=C(C=C(O)c1cc(Cc2cc(F)cc(F)c2)cn(Cc2ccccc2F)c1=O)C(=O)N1CCN(c2cccc3ccccc23)CC1. The van der Waals surface area contributed by atoms with Gasteiger partial charge in [0.25, 0.3) is 11.5 Å². The molecule has 7 nitrogen and oxygen atoms in total. The van der Waals surface area contributed by atoms with Gasteiger partial charge < -0.3 is 19.5 Å². The maximum absolute atomic E-state index is 14.5. The van der Waals surface area contributed by atoms with Crippen molar-refractivity contribution in [2.45, 2.75) is 13.0 Å². The zero-order valence-electron chi connectivity index (χ0n) is 25.2. The summed E-state index contributed by atoms with van der Waals surface area (Å²) in [5.74, 6) is -4.72. The van der Waals surface area contributed by atoms with Gasteiger partial charge in [-0.2, -0.15) is 0 Å². The second-order valence-electron chi connectivity index (χ2n) is 11.4. The lowest BCUT2D eigenvalue weighted by molar-refractivity contribution is -0.142. The van der Waals surface area contributed by atoms with E-state index in [2.05, 4.69) is 4.90 Å². The van der Waals surface area contributed by atoms with E-state index in [1.165, 1.54) is 35.4 Å². The van der Waals surface area contributed by atoms with E-state index in [9.17, 15) is 32.7 Å². The molecule has 0 saturated carbocycles. The Bertz CT molecular complexity index is 2060. The molecule has 10 heteroatoms. The van der Waals surface area contributed by atoms with Gasteiger partial charge in [-0.1, -0.05) is 54.6 Å². The molecule has 0 radical (unpaired) electrons. The first kappa shape index (κ1) is 31.3. The fourth-order valence-corrected chi connectivity index (χ4v) is 5.91. The van der Waals surface area contributed by atoms with Gasteiger partial charge in [0.2, 0.25) is 5.78 Å². The molecule has 1 saturated heterocycles. The summed E-state index contributed by atoms with van der Waals surface area (Å²) in [7, 11) is 0. The maximum atomic E-state index is 14.5. The molecule has 0 aliphatic carbocycles. The fourth-order valence-electron chi connectivity index (χ4n) is 5.91. The van der Waals surface area contributed by atoms with E-state index in [1.807, 2.05) is 42.5 Å². The van der Waals surface area contributed by atoms with Gasteiger partial charge in [-0.15, -0.1) is 0 Å². The Morgan fingerprint density at radius 3 is 2.21 bits per heavy atom. The van der Waals surface area contributed by atoms with E-state index in [0.717, 1.165) is 39.2 Å². The Morgan fingerprint density at radius 1 is 0.787 bits per heavy atom. The van der Waals surface area contributed by atoms with Gasteiger partial charge in [0.05, 0.1) is 12.1 Å². The smallest absolute Gasteiger partial charge is 0.294 e. The minimum atomic E-state index is -1.02. The molecule has 1 amide bonds. The lowest BCUT2D eigenvalue weighted by Gasteiger charge is -2.36. The molecule has 6 rings (SSSR count). The molecule has 238 valence electrons. The van der Waals surface area contributed by atoms with Crippen molar-refractivity contribution >= 4 is 33.9 Å². The molecule has 4 aromatic carbocycles. The fraction of sp³-hybridized carbons (Fsp3) is 0.162. The Labute approximate surface area is 268 Å². The molecule has 0 spiro atoms. The Morgan fingerprint density at radius 2 is 1.47 bits per heavy atom. The highest BCUT2D eigenvalue weighted by Gasteiger charge is 2.26. The van der Waals surface area contributed by atoms with Crippen LogP contribution < -0.4 is 10.5 Å². The number of fused-ring (bicyclic) bond motifs is 1. The summed E-state index contributed by atoms with van der Waals surface area (Å²) in [6, 6.07) is 24.1. The number of ketones is 1. The summed E-state index contributed by atoms with van der Waals surface area (Å²) in [6.45, 7) is 1.32. The van der Waals surface area contributed by atoms with E-state index < -0.39 is 40.5 Å². The van der Waals surface area contributed by atoms with Crippen LogP contribution in [0.2, 0.25) is 0 Å². The van der Waals surface area contributed by atoms with Crippen molar-refractivity contribution in [3.05, 3.63) is 153 Å². The normalized spacial score (nSPS) is 13.6. The monoisotopic (exact) mass is 637 g/mol. The van der Waals surface area contributed by atoms with Gasteiger partial charge in [0, 0.05) is 61.2 Å². The predicted molar refractivity (Wildman–Crippen MR) is 174 cm³/mol. The highest BCUT2D eigenvalue weighted by molar-refractivity contribution is 6.41. The number of benzene rings is 4. The standard InChI is InChI=1S/C37H30F3N3O4/c38-28-17-24(18-29(39)20-28)16-25-19-31(36(46)43(22-25)23-27-7-2-4-10-32(27)40)34(44)21-35(45)37(47)42-14-12-41(13-15-42)33-11-5-8-26-6-1-3-9-30(26)33/h1-11,17-22,44H,12-16,23H2. The van der Waals surface area contributed by atoms with Crippen molar-refractivity contribution in [3.63, 3.8) is 0 Å². The number of aromatic nitrogens is 1. The summed E-state index contributed by atoms with van der Waals surface area (Å²) in [5, 5.41) is 13.2. The molecule has 47 heavy (non-hydrogen) atoms. The molecule has 0 unspecified atom stereocenters. The second-order valence-corrected chi connectivity index (χ2v) is 11.4. The number of anilines is 1. The van der Waals surface area contributed by atoms with Gasteiger partial charge in [-0.3, -0.25) is 14.4 Å². The summed E-state index contributed by atoms with van der Waals surface area (Å²) < 4.78 is 43.4. The van der Waals surface area contributed by atoms with Crippen LogP contribution in [0.15, 0.2) is 108 Å². The molecule has 1 fully saturated rings. The quantitative estimate of drug-likeness (QED) is 0.131. The number of piperazine rings is 1. The summed E-state index contributed by atoms with van der Waals surface area (Å²) in [5.41, 5.74) is 0.752. The predicted octanol–water partition coefficient (Wildman–Crippen LogP) is 5.87. The molecule has 0 atom stereocenters. The number of hydrogen-bond donors (Lipinski definition) is 1. The van der Waals surface area contributed by atoms with Crippen LogP contribution in [0.5, 0.6) is 0 Å². The first-order chi connectivity index (χ1) is 22.7. The second kappa shape index (κ2) is 13.4. The van der Waals surface area contributed by atoms with Crippen LogP contribution in [0, 0.1) is 17.5 Å². The number of carbonyl (C=O) groups excluding carboxylic acids is 2. The molecule has 1 N–H and O–H groups in total. The van der Waals surface area contributed by atoms with Crippen LogP contribution in [-0.4, -0.2) is 52.4 Å². The highest BCUT2D eigenvalue weighted by atomic mass is 19.1. The maximum Gasteiger partial charge on any atom is 0.294 e. The van der Waals surface area contributed by atoms with Crippen LogP contribution in [0.4, 0.5) is 18.9 Å². The number of carbonyl (C=O) groups is 2. The van der Waals surface area contributed by atoms with Crippen molar-refractivity contribution in [2.75, 3.05) is 31.1 Å². The molecule has 1 aliphatic heterocycles. The van der Waals surface area contributed by atoms with Gasteiger partial charge in [-0.25, -0.2) is 13.2 Å². The minimum Gasteiger partial charge on any atom is -0.507 e. The van der Waals surface area contributed by atoms with E-state index in [0.29, 0.717) is 24.7 Å². The van der Waals surface area contributed by atoms with E-state index in [-0.39, 0.29) is 42.7 Å². The third kappa shape index (κ3) is 6.96. The van der Waals surface area contributed by atoms with Crippen molar-refractivity contribution < 1.29 is 27.9 Å². The molecule has 2 heterocycles. The Hall–Kier alpha value is -5.64. The third-order valence-electron chi connectivity index (χ3n) is 8.20. The van der Waals surface area contributed by atoms with Crippen LogP contribution in [-0.2, 0) is 22.6 Å². The number of rotatable bonds is 8. The lowest BCUT2D eigenvalue weighted by Crippen LogP contribution is -2.50. The minimum absolute atomic E-state index is 0.0413. The number of halogens is 3. The first-order valence-corrected chi connectivity index (χ1v) is 15.0. The van der Waals surface area contributed by atoms with E-state index in [4.69, 9.17) is 0 Å². The van der Waals surface area contributed by atoms with Crippen molar-refractivity contribution in [1.82, 2.24) is 9.47 Å². The molecule has 1 aliphatic rings. The number of hydrogen-bond acceptors (Lipinski definition) is 5. The topological polar surface area (TPSA) is 82.8 Å². The van der Waals surface area contributed by atoms with Crippen LogP contribution in [0.3, 0.4) is 0 Å². The first-order valence-electron chi connectivity index (χ1n) is 15.0. The van der Waals surface area contributed by atoms with Crippen molar-refractivity contribution in [3.8, 4) is 0 Å². The number of pyridine rings is 1. The molecule has 1 aromatic heterocycles. The van der Waals surface area contributed by atoms with E-state index >= 15 is 0 Å². The van der Waals surface area contributed by atoms with Crippen LogP contribution in [0.25, 0.3) is 16.5 Å². The molecular formula is C37H30F3N3O4. The van der Waals surface area contributed by atoms with Gasteiger partial charge in [0.15, 0.2) is 0 Å². The number of aliphatic hydroxyl groups is 1. The van der Waals surface area contributed by atoms with E-state index in [1.54, 1.807) is 6.07 Å². The summed E-state index contributed by atoms with van der Waals surface area (Å²) in [6.07, 6.45) is 2.06. The van der Waals surface area contributed by atoms with Crippen molar-refractivity contribution in [1.29, 1.82) is 0 Å². The average Bonchev–Trinajstić information content (AvgIpc) is 3.06. The van der Waals surface area contributed by atoms with Crippen LogP contribution >= 0.6 is 0 Å². The third-order valence-corrected chi connectivity index (χ3v) is 8.20. The zero-order valence-corrected chi connectivity index (χ0v) is 25.2. The Kier molecular flexibility index (Phi) is 8.92. The number of aliphatic hydroxyl groups excluding tert-OH is 1. The zero-order chi connectivity index (χ0) is 33.1. The van der Waals surface area contributed by atoms with Crippen LogP contribution in [0.1, 0.15) is 22.3 Å². The Balaban J connectivity index is 1.23. The summed E-state index contributed by atoms with van der Waals surface area (Å²) in [4.78, 5) is 43.2. The lowest BCUT2D eigenvalue weighted by atomic mass is 10.0. The highest BCUT2D eigenvalue weighted by Crippen LogP contribution is 2.27. The van der Waals surface area contributed by atoms with Gasteiger partial charge in [-0.05, 0) is 53.3 Å². The van der Waals surface area contributed by atoms with Crippen molar-refractivity contribution in [2.24, 2.45) is 0 Å².